The lowest BCUT2D eigenvalue weighted by atomic mass is 9.78. The molecule has 4 aliphatic heterocycles. The predicted molar refractivity (Wildman–Crippen MR) is 60.3 cm³/mol. The van der Waals surface area contributed by atoms with Crippen molar-refractivity contribution in [1.29, 1.82) is 0 Å². The lowest BCUT2D eigenvalue weighted by molar-refractivity contribution is -0.164. The Hall–Kier alpha value is -0.870. The summed E-state index contributed by atoms with van der Waals surface area (Å²) in [5, 5.41) is 10.3. The highest BCUT2D eigenvalue weighted by molar-refractivity contribution is 5.87. The van der Waals surface area contributed by atoms with E-state index in [-0.39, 0.29) is 18.1 Å². The molecule has 4 atom stereocenters. The molecule has 4 nitrogen and oxygen atoms in total. The zero-order chi connectivity index (χ0) is 11.6. The summed E-state index contributed by atoms with van der Waals surface area (Å²) < 4.78 is 5.67. The number of nitrogens with zero attached hydrogens (tertiary/aromatic N) is 1. The van der Waals surface area contributed by atoms with Gasteiger partial charge in [-0.15, -0.1) is 0 Å². The van der Waals surface area contributed by atoms with Gasteiger partial charge in [0, 0.05) is 18.5 Å². The molecular weight excluding hydrogens is 218 g/mol. The van der Waals surface area contributed by atoms with Gasteiger partial charge < -0.3 is 9.84 Å². The lowest BCUT2D eigenvalue weighted by Crippen LogP contribution is -2.61. The maximum absolute atomic E-state index is 11.6. The van der Waals surface area contributed by atoms with Crippen LogP contribution in [0.4, 0.5) is 0 Å². The van der Waals surface area contributed by atoms with Gasteiger partial charge in [-0.1, -0.05) is 0 Å². The Labute approximate surface area is 100 Å². The van der Waals surface area contributed by atoms with Gasteiger partial charge in [0.05, 0.1) is 12.1 Å². The molecule has 4 fully saturated rings. The van der Waals surface area contributed by atoms with Gasteiger partial charge in [0.25, 0.3) is 0 Å². The summed E-state index contributed by atoms with van der Waals surface area (Å²) in [5.41, 5.74) is 0.651. The van der Waals surface area contributed by atoms with E-state index in [1.807, 2.05) is 0 Å². The number of aliphatic hydroxyl groups is 1. The van der Waals surface area contributed by atoms with Crippen molar-refractivity contribution in [2.24, 2.45) is 0 Å². The second kappa shape index (κ2) is 3.12. The molecule has 5 rings (SSSR count). The summed E-state index contributed by atoms with van der Waals surface area (Å²) >= 11 is 0. The van der Waals surface area contributed by atoms with Crippen LogP contribution in [-0.4, -0.2) is 46.3 Å². The van der Waals surface area contributed by atoms with E-state index in [0.717, 1.165) is 37.8 Å². The number of carbonyl (C=O) groups excluding carboxylic acids is 1. The topological polar surface area (TPSA) is 49.8 Å². The number of ether oxygens (including phenoxy) is 1. The number of fused-ring (bicyclic) bond motifs is 2. The fourth-order valence-electron chi connectivity index (χ4n) is 4.43. The van der Waals surface area contributed by atoms with Crippen molar-refractivity contribution < 1.29 is 14.6 Å². The maximum Gasteiger partial charge on any atom is 0.331 e. The van der Waals surface area contributed by atoms with Gasteiger partial charge in [0.1, 0.15) is 0 Å². The minimum atomic E-state index is -0.486. The molecule has 0 aromatic rings. The van der Waals surface area contributed by atoms with E-state index in [1.54, 1.807) is 6.08 Å². The average Bonchev–Trinajstić information content (AvgIpc) is 2.81. The summed E-state index contributed by atoms with van der Waals surface area (Å²) in [7, 11) is 0. The van der Waals surface area contributed by atoms with E-state index in [1.165, 1.54) is 0 Å². The van der Waals surface area contributed by atoms with Crippen LogP contribution in [0.5, 0.6) is 0 Å². The van der Waals surface area contributed by atoms with Gasteiger partial charge in [-0.3, -0.25) is 4.90 Å². The van der Waals surface area contributed by atoms with Crippen molar-refractivity contribution >= 4 is 5.97 Å². The minimum Gasteiger partial charge on any atom is -0.450 e. The summed E-state index contributed by atoms with van der Waals surface area (Å²) in [6.45, 7) is 1.04. The molecule has 92 valence electrons. The van der Waals surface area contributed by atoms with E-state index < -0.39 is 5.60 Å². The first kappa shape index (κ1) is 10.1. The monoisotopic (exact) mass is 235 g/mol. The molecular formula is C13H17NO3. The van der Waals surface area contributed by atoms with Crippen LogP contribution < -0.4 is 0 Å². The molecule has 2 bridgehead atoms. The van der Waals surface area contributed by atoms with E-state index >= 15 is 0 Å². The summed E-state index contributed by atoms with van der Waals surface area (Å²) in [4.78, 5) is 14.0. The Kier molecular flexibility index (Phi) is 1.85. The molecule has 5 aliphatic rings. The van der Waals surface area contributed by atoms with Crippen LogP contribution in [0.25, 0.3) is 0 Å². The highest BCUT2D eigenvalue weighted by Gasteiger charge is 2.60. The van der Waals surface area contributed by atoms with Gasteiger partial charge in [0.15, 0.2) is 5.60 Å². The van der Waals surface area contributed by atoms with E-state index in [9.17, 15) is 9.90 Å². The second-order valence-electron chi connectivity index (χ2n) is 5.75. The molecule has 1 unspecified atom stereocenters. The van der Waals surface area contributed by atoms with Gasteiger partial charge >= 0.3 is 5.97 Å². The summed E-state index contributed by atoms with van der Waals surface area (Å²) in [6, 6.07) is 0.592. The molecule has 1 saturated carbocycles. The Morgan fingerprint density at radius 2 is 2.35 bits per heavy atom. The highest BCUT2D eigenvalue weighted by atomic mass is 16.6. The standard InChI is InChI=1S/C13H17NO3/c15-10-7-13-8(6-12(16)17-13)3-4-9(10)14-5-1-2-11(13)14/h6,9-11,15H,1-5,7H2/t9-,10?,11+,13+/m0/s1. The smallest absolute Gasteiger partial charge is 0.331 e. The molecule has 17 heavy (non-hydrogen) atoms. The lowest BCUT2D eigenvalue weighted by Gasteiger charge is -2.48. The van der Waals surface area contributed by atoms with Crippen molar-refractivity contribution in [1.82, 2.24) is 4.90 Å². The molecule has 1 aliphatic carbocycles. The Morgan fingerprint density at radius 3 is 3.24 bits per heavy atom. The molecule has 4 heterocycles. The van der Waals surface area contributed by atoms with Crippen molar-refractivity contribution in [2.45, 2.75) is 55.9 Å². The summed E-state index contributed by atoms with van der Waals surface area (Å²) in [6.07, 6.45) is 6.05. The number of rotatable bonds is 0. The molecule has 3 saturated heterocycles. The number of hydrogen-bond acceptors (Lipinski definition) is 4. The molecule has 0 radical (unpaired) electrons. The van der Waals surface area contributed by atoms with Crippen LogP contribution >= 0.6 is 0 Å². The molecule has 1 spiro atoms. The maximum atomic E-state index is 11.6. The van der Waals surface area contributed by atoms with Crippen LogP contribution in [0.1, 0.15) is 32.1 Å². The number of piperidine rings is 1. The fourth-order valence-corrected chi connectivity index (χ4v) is 4.43. The Bertz CT molecular complexity index is 419. The first-order chi connectivity index (χ1) is 8.21. The van der Waals surface area contributed by atoms with Crippen LogP contribution in [-0.2, 0) is 9.53 Å². The predicted octanol–water partition coefficient (Wildman–Crippen LogP) is 0.600. The molecule has 0 aromatic carbocycles. The fraction of sp³-hybridized carbons (Fsp3) is 0.769. The third kappa shape index (κ3) is 1.13. The number of carbonyl (C=O) groups is 1. The van der Waals surface area contributed by atoms with Gasteiger partial charge in [0.2, 0.25) is 0 Å². The third-order valence-corrected chi connectivity index (χ3v) is 5.04. The molecule has 0 aromatic heterocycles. The van der Waals surface area contributed by atoms with E-state index in [0.29, 0.717) is 12.5 Å². The van der Waals surface area contributed by atoms with Crippen LogP contribution in [0.15, 0.2) is 11.6 Å². The van der Waals surface area contributed by atoms with Crippen LogP contribution in [0.2, 0.25) is 0 Å². The quantitative estimate of drug-likeness (QED) is 0.625. The first-order valence-corrected chi connectivity index (χ1v) is 6.58. The Balaban J connectivity index is 1.86. The van der Waals surface area contributed by atoms with Crippen molar-refractivity contribution in [3.8, 4) is 0 Å². The van der Waals surface area contributed by atoms with Crippen LogP contribution in [0, 0.1) is 0 Å². The largest absolute Gasteiger partial charge is 0.450 e. The molecule has 0 amide bonds. The minimum absolute atomic E-state index is 0.209. The van der Waals surface area contributed by atoms with Gasteiger partial charge in [-0.05, 0) is 37.8 Å². The summed E-state index contributed by atoms with van der Waals surface area (Å²) in [5.74, 6) is -0.209. The normalized spacial score (nSPS) is 48.4. The number of esters is 1. The SMILES string of the molecule is O=C1C=C2CC[C@H]3C(O)C[C@]2(O1)[C@H]1CCCN31. The number of hydrogen-bond donors (Lipinski definition) is 1. The highest BCUT2D eigenvalue weighted by Crippen LogP contribution is 2.51. The van der Waals surface area contributed by atoms with Crippen molar-refractivity contribution in [2.75, 3.05) is 6.54 Å². The van der Waals surface area contributed by atoms with Gasteiger partial charge in [-0.2, -0.15) is 0 Å². The first-order valence-electron chi connectivity index (χ1n) is 6.58. The van der Waals surface area contributed by atoms with E-state index in [4.69, 9.17) is 4.74 Å². The second-order valence-corrected chi connectivity index (χ2v) is 5.75. The zero-order valence-electron chi connectivity index (χ0n) is 9.76. The molecule has 4 heteroatoms. The average molecular weight is 235 g/mol. The van der Waals surface area contributed by atoms with E-state index in [2.05, 4.69) is 4.90 Å². The third-order valence-electron chi connectivity index (χ3n) is 5.04. The van der Waals surface area contributed by atoms with Crippen molar-refractivity contribution in [3.05, 3.63) is 11.6 Å². The van der Waals surface area contributed by atoms with Crippen LogP contribution in [0.3, 0.4) is 0 Å². The van der Waals surface area contributed by atoms with Crippen molar-refractivity contribution in [3.63, 3.8) is 0 Å². The zero-order valence-corrected chi connectivity index (χ0v) is 9.76. The number of aliphatic hydroxyl groups excluding tert-OH is 1. The Morgan fingerprint density at radius 1 is 1.47 bits per heavy atom. The van der Waals surface area contributed by atoms with Gasteiger partial charge in [-0.25, -0.2) is 4.79 Å². The molecule has 1 N–H and O–H groups in total.